The SMILES string of the molecule is Cc1nc(C)n([C@H]2CCCN(C(=O)CCc3cn(C)nc3C)C2)n1. The van der Waals surface area contributed by atoms with Gasteiger partial charge in [0.2, 0.25) is 5.91 Å². The zero-order valence-corrected chi connectivity index (χ0v) is 15.0. The second-order valence-corrected chi connectivity index (χ2v) is 6.70. The smallest absolute Gasteiger partial charge is 0.222 e. The first kappa shape index (κ1) is 16.7. The van der Waals surface area contributed by atoms with E-state index in [-0.39, 0.29) is 11.9 Å². The van der Waals surface area contributed by atoms with Gasteiger partial charge in [-0.2, -0.15) is 10.2 Å². The first-order valence-corrected chi connectivity index (χ1v) is 8.60. The summed E-state index contributed by atoms with van der Waals surface area (Å²) in [6.07, 6.45) is 5.36. The van der Waals surface area contributed by atoms with Gasteiger partial charge in [0.05, 0.1) is 11.7 Å². The van der Waals surface area contributed by atoms with Crippen molar-refractivity contribution in [2.24, 2.45) is 7.05 Å². The van der Waals surface area contributed by atoms with Crippen molar-refractivity contribution in [2.45, 2.75) is 52.5 Å². The van der Waals surface area contributed by atoms with E-state index in [0.29, 0.717) is 6.42 Å². The molecule has 2 aromatic heterocycles. The standard InChI is InChI=1S/C17H26N6O/c1-12-15(10-21(4)19-12)7-8-17(24)22-9-5-6-16(11-22)23-14(3)18-13(2)20-23/h10,16H,5-9,11H2,1-4H3/t16-/m0/s1. The average molecular weight is 330 g/mol. The minimum absolute atomic E-state index is 0.220. The molecule has 0 aliphatic carbocycles. The van der Waals surface area contributed by atoms with Crippen LogP contribution in [0.4, 0.5) is 0 Å². The van der Waals surface area contributed by atoms with Crippen LogP contribution in [0.5, 0.6) is 0 Å². The van der Waals surface area contributed by atoms with E-state index in [1.54, 1.807) is 0 Å². The van der Waals surface area contributed by atoms with Gasteiger partial charge in [0.15, 0.2) is 0 Å². The molecule has 1 fully saturated rings. The molecule has 0 bridgehead atoms. The van der Waals surface area contributed by atoms with E-state index in [2.05, 4.69) is 15.2 Å². The molecule has 130 valence electrons. The number of piperidine rings is 1. The van der Waals surface area contributed by atoms with Crippen molar-refractivity contribution in [3.05, 3.63) is 29.1 Å². The quantitative estimate of drug-likeness (QED) is 0.856. The number of hydrogen-bond acceptors (Lipinski definition) is 4. The van der Waals surface area contributed by atoms with Gasteiger partial charge in [-0.1, -0.05) is 0 Å². The minimum Gasteiger partial charge on any atom is -0.341 e. The maximum absolute atomic E-state index is 12.6. The molecule has 7 nitrogen and oxygen atoms in total. The molecular formula is C17H26N6O. The van der Waals surface area contributed by atoms with Crippen LogP contribution in [-0.4, -0.2) is 48.4 Å². The van der Waals surface area contributed by atoms with E-state index in [4.69, 9.17) is 0 Å². The van der Waals surface area contributed by atoms with Gasteiger partial charge in [-0.25, -0.2) is 9.67 Å². The molecule has 2 aromatic rings. The normalized spacial score (nSPS) is 18.2. The average Bonchev–Trinajstić information content (AvgIpc) is 3.05. The van der Waals surface area contributed by atoms with E-state index in [1.807, 2.05) is 48.3 Å². The molecule has 1 aliphatic rings. The molecule has 3 rings (SSSR count). The molecule has 24 heavy (non-hydrogen) atoms. The molecule has 1 amide bonds. The van der Waals surface area contributed by atoms with E-state index >= 15 is 0 Å². The molecule has 3 heterocycles. The second kappa shape index (κ2) is 6.75. The lowest BCUT2D eigenvalue weighted by atomic mass is 10.0. The van der Waals surface area contributed by atoms with Crippen molar-refractivity contribution in [1.82, 2.24) is 29.4 Å². The van der Waals surface area contributed by atoms with Gasteiger partial charge < -0.3 is 4.90 Å². The first-order chi connectivity index (χ1) is 11.4. The summed E-state index contributed by atoms with van der Waals surface area (Å²) in [6.45, 7) is 7.45. The molecule has 7 heteroatoms. The number of carbonyl (C=O) groups excluding carboxylic acids is 1. The Morgan fingerprint density at radius 3 is 2.71 bits per heavy atom. The summed E-state index contributed by atoms with van der Waals surface area (Å²) in [5.41, 5.74) is 2.16. The van der Waals surface area contributed by atoms with Gasteiger partial charge in [0.25, 0.3) is 0 Å². The number of amides is 1. The number of rotatable bonds is 4. The fraction of sp³-hybridized carbons (Fsp3) is 0.647. The lowest BCUT2D eigenvalue weighted by molar-refractivity contribution is -0.132. The summed E-state index contributed by atoms with van der Waals surface area (Å²) < 4.78 is 3.79. The lowest BCUT2D eigenvalue weighted by Gasteiger charge is -2.33. The fourth-order valence-electron chi connectivity index (χ4n) is 3.56. The summed E-state index contributed by atoms with van der Waals surface area (Å²) in [4.78, 5) is 19.0. The number of aromatic nitrogens is 5. The summed E-state index contributed by atoms with van der Waals surface area (Å²) in [5, 5.41) is 8.83. The van der Waals surface area contributed by atoms with Gasteiger partial charge >= 0.3 is 0 Å². The van der Waals surface area contributed by atoms with Crippen LogP contribution in [0.15, 0.2) is 6.20 Å². The number of nitrogens with zero attached hydrogens (tertiary/aromatic N) is 6. The first-order valence-electron chi connectivity index (χ1n) is 8.60. The van der Waals surface area contributed by atoms with Gasteiger partial charge in [0, 0.05) is 32.8 Å². The van der Waals surface area contributed by atoms with E-state index in [1.165, 1.54) is 0 Å². The van der Waals surface area contributed by atoms with Crippen LogP contribution in [0.2, 0.25) is 0 Å². The predicted molar refractivity (Wildman–Crippen MR) is 90.6 cm³/mol. The van der Waals surface area contributed by atoms with Crippen LogP contribution in [0.1, 0.15) is 48.2 Å². The highest BCUT2D eigenvalue weighted by molar-refractivity contribution is 5.76. The van der Waals surface area contributed by atoms with Crippen molar-refractivity contribution in [1.29, 1.82) is 0 Å². The molecule has 1 saturated heterocycles. The van der Waals surface area contributed by atoms with Crippen LogP contribution in [0.25, 0.3) is 0 Å². The molecule has 0 radical (unpaired) electrons. The van der Waals surface area contributed by atoms with E-state index < -0.39 is 0 Å². The Balaban J connectivity index is 1.61. The molecule has 1 aliphatic heterocycles. The van der Waals surface area contributed by atoms with Crippen LogP contribution in [0.3, 0.4) is 0 Å². The van der Waals surface area contributed by atoms with Crippen LogP contribution in [-0.2, 0) is 18.3 Å². The number of carbonyl (C=O) groups is 1. The molecule has 0 spiro atoms. The largest absolute Gasteiger partial charge is 0.341 e. The Morgan fingerprint density at radius 2 is 2.08 bits per heavy atom. The van der Waals surface area contributed by atoms with Crippen LogP contribution < -0.4 is 0 Å². The van der Waals surface area contributed by atoms with Crippen molar-refractivity contribution in [3.63, 3.8) is 0 Å². The van der Waals surface area contributed by atoms with Crippen LogP contribution >= 0.6 is 0 Å². The summed E-state index contributed by atoms with van der Waals surface area (Å²) >= 11 is 0. The predicted octanol–water partition coefficient (Wildman–Crippen LogP) is 1.73. The van der Waals surface area contributed by atoms with E-state index in [9.17, 15) is 4.79 Å². The molecule has 0 unspecified atom stereocenters. The summed E-state index contributed by atoms with van der Waals surface area (Å²) in [5.74, 6) is 1.94. The van der Waals surface area contributed by atoms with Crippen molar-refractivity contribution in [3.8, 4) is 0 Å². The van der Waals surface area contributed by atoms with Gasteiger partial charge in [0.1, 0.15) is 11.6 Å². The highest BCUT2D eigenvalue weighted by Gasteiger charge is 2.26. The molecule has 1 atom stereocenters. The highest BCUT2D eigenvalue weighted by Crippen LogP contribution is 2.23. The van der Waals surface area contributed by atoms with Crippen molar-refractivity contribution >= 4 is 5.91 Å². The third-order valence-corrected chi connectivity index (χ3v) is 4.73. The summed E-state index contributed by atoms with van der Waals surface area (Å²) in [7, 11) is 1.91. The Kier molecular flexibility index (Phi) is 4.69. The molecule has 0 saturated carbocycles. The van der Waals surface area contributed by atoms with E-state index in [0.717, 1.165) is 55.3 Å². The second-order valence-electron chi connectivity index (χ2n) is 6.70. The molecule has 0 N–H and O–H groups in total. The fourth-order valence-corrected chi connectivity index (χ4v) is 3.56. The topological polar surface area (TPSA) is 68.8 Å². The Bertz CT molecular complexity index is 732. The number of hydrogen-bond donors (Lipinski definition) is 0. The van der Waals surface area contributed by atoms with Crippen LogP contribution in [0, 0.1) is 20.8 Å². The number of likely N-dealkylation sites (tertiary alicyclic amines) is 1. The van der Waals surface area contributed by atoms with Gasteiger partial charge in [-0.15, -0.1) is 0 Å². The molecule has 0 aromatic carbocycles. The molecular weight excluding hydrogens is 304 g/mol. The monoisotopic (exact) mass is 330 g/mol. The zero-order chi connectivity index (χ0) is 17.3. The Labute approximate surface area is 142 Å². The van der Waals surface area contributed by atoms with Crippen molar-refractivity contribution < 1.29 is 4.79 Å². The summed E-state index contributed by atoms with van der Waals surface area (Å²) in [6, 6.07) is 0.240. The third-order valence-electron chi connectivity index (χ3n) is 4.73. The number of aryl methyl sites for hydroxylation is 5. The third kappa shape index (κ3) is 3.49. The maximum atomic E-state index is 12.6. The maximum Gasteiger partial charge on any atom is 0.222 e. The minimum atomic E-state index is 0.220. The highest BCUT2D eigenvalue weighted by atomic mass is 16.2. The van der Waals surface area contributed by atoms with Gasteiger partial charge in [-0.3, -0.25) is 9.48 Å². The Hall–Kier alpha value is -2.18. The Morgan fingerprint density at radius 1 is 1.29 bits per heavy atom. The van der Waals surface area contributed by atoms with Crippen molar-refractivity contribution in [2.75, 3.05) is 13.1 Å². The zero-order valence-electron chi connectivity index (χ0n) is 15.0. The lowest BCUT2D eigenvalue weighted by Crippen LogP contribution is -2.41. The van der Waals surface area contributed by atoms with Gasteiger partial charge in [-0.05, 0) is 45.6 Å².